The Morgan fingerprint density at radius 3 is 2.91 bits per heavy atom. The van der Waals surface area contributed by atoms with E-state index in [2.05, 4.69) is 15.6 Å². The van der Waals surface area contributed by atoms with E-state index in [-0.39, 0.29) is 5.91 Å². The molecule has 0 atom stereocenters. The molecule has 0 bridgehead atoms. The molecule has 1 saturated heterocycles. The molecule has 2 aromatic rings. The predicted octanol–water partition coefficient (Wildman–Crippen LogP) is 1.58. The molecule has 1 aromatic carbocycles. The second-order valence-corrected chi connectivity index (χ2v) is 5.42. The molecule has 22 heavy (non-hydrogen) atoms. The van der Waals surface area contributed by atoms with Gasteiger partial charge in [0.1, 0.15) is 5.60 Å². The van der Waals surface area contributed by atoms with Gasteiger partial charge in [0.25, 0.3) is 5.91 Å². The lowest BCUT2D eigenvalue weighted by molar-refractivity contribution is -0.140. The van der Waals surface area contributed by atoms with Gasteiger partial charge in [0.15, 0.2) is 0 Å². The van der Waals surface area contributed by atoms with Crippen LogP contribution in [-0.4, -0.2) is 41.3 Å². The molecule has 0 radical (unpaired) electrons. The molecule has 3 rings (SSSR count). The van der Waals surface area contributed by atoms with Crippen LogP contribution in [0.25, 0.3) is 5.69 Å². The molecule has 0 spiro atoms. The second-order valence-electron chi connectivity index (χ2n) is 5.42. The number of hydrogen-bond donors (Lipinski definition) is 2. The largest absolute Gasteiger partial charge is 0.368 e. The van der Waals surface area contributed by atoms with Crippen molar-refractivity contribution >= 4 is 11.6 Å². The van der Waals surface area contributed by atoms with Crippen LogP contribution in [-0.2, 0) is 9.53 Å². The molecule has 1 aliphatic rings. The van der Waals surface area contributed by atoms with Gasteiger partial charge in [-0.3, -0.25) is 4.79 Å². The lowest BCUT2D eigenvalue weighted by Crippen LogP contribution is -2.51. The number of methoxy groups -OCH3 is 1. The van der Waals surface area contributed by atoms with Crippen molar-refractivity contribution < 1.29 is 9.53 Å². The minimum atomic E-state index is -0.740. The summed E-state index contributed by atoms with van der Waals surface area (Å²) in [6, 6.07) is 7.67. The molecule has 1 amide bonds. The molecule has 0 saturated carbocycles. The van der Waals surface area contributed by atoms with Crippen molar-refractivity contribution in [3.05, 3.63) is 43.0 Å². The van der Waals surface area contributed by atoms with Gasteiger partial charge in [-0.2, -0.15) is 0 Å². The maximum absolute atomic E-state index is 12.6. The molecule has 6 heteroatoms. The Morgan fingerprint density at radius 2 is 2.23 bits per heavy atom. The van der Waals surface area contributed by atoms with E-state index >= 15 is 0 Å². The normalized spacial score (nSPS) is 17.1. The summed E-state index contributed by atoms with van der Waals surface area (Å²) < 4.78 is 7.44. The molecule has 0 aliphatic carbocycles. The Hall–Kier alpha value is -2.18. The van der Waals surface area contributed by atoms with Crippen LogP contribution < -0.4 is 10.6 Å². The third-order valence-corrected chi connectivity index (χ3v) is 4.12. The monoisotopic (exact) mass is 300 g/mol. The van der Waals surface area contributed by atoms with Crippen LogP contribution in [0.2, 0.25) is 0 Å². The Balaban J connectivity index is 1.78. The van der Waals surface area contributed by atoms with Crippen LogP contribution in [0.4, 0.5) is 5.69 Å². The van der Waals surface area contributed by atoms with Gasteiger partial charge in [0, 0.05) is 30.9 Å². The highest BCUT2D eigenvalue weighted by atomic mass is 16.5. The molecule has 1 aromatic heterocycles. The van der Waals surface area contributed by atoms with Crippen LogP contribution in [0, 0.1) is 0 Å². The summed E-state index contributed by atoms with van der Waals surface area (Å²) in [5.41, 5.74) is 0.967. The van der Waals surface area contributed by atoms with Crippen molar-refractivity contribution in [3.8, 4) is 5.69 Å². The van der Waals surface area contributed by atoms with Crippen molar-refractivity contribution in [2.75, 3.05) is 25.5 Å². The summed E-state index contributed by atoms with van der Waals surface area (Å²) in [6.45, 7) is 1.58. The van der Waals surface area contributed by atoms with Crippen molar-refractivity contribution in [2.45, 2.75) is 18.4 Å². The van der Waals surface area contributed by atoms with Gasteiger partial charge < -0.3 is 19.9 Å². The smallest absolute Gasteiger partial charge is 0.256 e. The fourth-order valence-corrected chi connectivity index (χ4v) is 2.76. The molecule has 1 aliphatic heterocycles. The summed E-state index contributed by atoms with van der Waals surface area (Å²) in [5.74, 6) is -0.0840. The number of rotatable bonds is 4. The number of anilines is 1. The van der Waals surface area contributed by atoms with Crippen LogP contribution in [0.15, 0.2) is 43.0 Å². The average molecular weight is 300 g/mol. The first-order valence-electron chi connectivity index (χ1n) is 7.39. The zero-order valence-electron chi connectivity index (χ0n) is 12.6. The number of imidazole rings is 1. The minimum absolute atomic E-state index is 0.0840. The number of hydrogen-bond acceptors (Lipinski definition) is 4. The van der Waals surface area contributed by atoms with Crippen LogP contribution in [0.3, 0.4) is 0 Å². The van der Waals surface area contributed by atoms with Gasteiger partial charge in [-0.1, -0.05) is 6.07 Å². The predicted molar refractivity (Wildman–Crippen MR) is 84.0 cm³/mol. The molecule has 6 nitrogen and oxygen atoms in total. The van der Waals surface area contributed by atoms with Crippen molar-refractivity contribution in [1.29, 1.82) is 0 Å². The highest BCUT2D eigenvalue weighted by Gasteiger charge is 2.39. The van der Waals surface area contributed by atoms with Gasteiger partial charge in [-0.15, -0.1) is 0 Å². The maximum Gasteiger partial charge on any atom is 0.256 e. The van der Waals surface area contributed by atoms with Crippen molar-refractivity contribution in [3.63, 3.8) is 0 Å². The number of nitrogens with zero attached hydrogens (tertiary/aromatic N) is 2. The maximum atomic E-state index is 12.6. The number of nitrogens with one attached hydrogen (secondary N) is 2. The number of carbonyl (C=O) groups excluding carboxylic acids is 1. The van der Waals surface area contributed by atoms with E-state index in [1.807, 2.05) is 35.0 Å². The number of amides is 1. The lowest BCUT2D eigenvalue weighted by atomic mass is 9.91. The van der Waals surface area contributed by atoms with E-state index < -0.39 is 5.60 Å². The number of benzene rings is 1. The van der Waals surface area contributed by atoms with E-state index in [0.29, 0.717) is 12.8 Å². The Bertz CT molecular complexity index is 633. The van der Waals surface area contributed by atoms with E-state index in [0.717, 1.165) is 24.5 Å². The molecule has 2 N–H and O–H groups in total. The highest BCUT2D eigenvalue weighted by Crippen LogP contribution is 2.25. The molecule has 1 fully saturated rings. The van der Waals surface area contributed by atoms with Gasteiger partial charge in [-0.05, 0) is 44.1 Å². The van der Waals surface area contributed by atoms with Gasteiger partial charge in [0.05, 0.1) is 6.33 Å². The average Bonchev–Trinajstić information content (AvgIpc) is 3.10. The standard InChI is InChI=1S/C16H20N4O2/c1-22-16(5-7-17-8-6-16)15(21)19-13-3-2-4-14(11-13)20-10-9-18-12-20/h2-4,9-12,17H,5-8H2,1H3,(H,19,21). The SMILES string of the molecule is COC1(C(=O)Nc2cccc(-n3ccnc3)c2)CCNCC1. The second kappa shape index (κ2) is 6.29. The topological polar surface area (TPSA) is 68.2 Å². The zero-order valence-corrected chi connectivity index (χ0v) is 12.6. The van der Waals surface area contributed by atoms with E-state index in [1.54, 1.807) is 19.6 Å². The van der Waals surface area contributed by atoms with Crippen molar-refractivity contribution in [1.82, 2.24) is 14.9 Å². The summed E-state index contributed by atoms with van der Waals surface area (Å²) in [4.78, 5) is 16.7. The first kappa shape index (κ1) is 14.7. The van der Waals surface area contributed by atoms with Gasteiger partial charge >= 0.3 is 0 Å². The number of aromatic nitrogens is 2. The molecular formula is C16H20N4O2. The van der Waals surface area contributed by atoms with Gasteiger partial charge in [-0.25, -0.2) is 4.98 Å². The first-order chi connectivity index (χ1) is 10.7. The zero-order chi connectivity index (χ0) is 15.4. The first-order valence-corrected chi connectivity index (χ1v) is 7.39. The van der Waals surface area contributed by atoms with Crippen LogP contribution in [0.1, 0.15) is 12.8 Å². The molecule has 116 valence electrons. The Labute approximate surface area is 129 Å². The summed E-state index contributed by atoms with van der Waals surface area (Å²) >= 11 is 0. The summed E-state index contributed by atoms with van der Waals surface area (Å²) in [7, 11) is 1.60. The van der Waals surface area contributed by atoms with Crippen molar-refractivity contribution in [2.24, 2.45) is 0 Å². The number of piperidine rings is 1. The molecule has 2 heterocycles. The highest BCUT2D eigenvalue weighted by molar-refractivity contribution is 5.97. The third kappa shape index (κ3) is 2.88. The third-order valence-electron chi connectivity index (χ3n) is 4.12. The fourth-order valence-electron chi connectivity index (χ4n) is 2.76. The van der Waals surface area contributed by atoms with E-state index in [1.165, 1.54) is 0 Å². The lowest BCUT2D eigenvalue weighted by Gasteiger charge is -2.34. The van der Waals surface area contributed by atoms with E-state index in [9.17, 15) is 4.79 Å². The fraction of sp³-hybridized carbons (Fsp3) is 0.375. The van der Waals surface area contributed by atoms with Gasteiger partial charge in [0.2, 0.25) is 0 Å². The molecular weight excluding hydrogens is 280 g/mol. The minimum Gasteiger partial charge on any atom is -0.368 e. The molecule has 0 unspecified atom stereocenters. The van der Waals surface area contributed by atoms with E-state index in [4.69, 9.17) is 4.74 Å². The Kier molecular flexibility index (Phi) is 4.22. The van der Waals surface area contributed by atoms with Crippen LogP contribution in [0.5, 0.6) is 0 Å². The van der Waals surface area contributed by atoms with Crippen LogP contribution >= 0.6 is 0 Å². The number of carbonyl (C=O) groups is 1. The Morgan fingerprint density at radius 1 is 1.41 bits per heavy atom. The summed E-state index contributed by atoms with van der Waals surface area (Å²) in [5, 5.41) is 6.23. The quantitative estimate of drug-likeness (QED) is 0.899. The number of ether oxygens (including phenoxy) is 1. The summed E-state index contributed by atoms with van der Waals surface area (Å²) in [6.07, 6.45) is 6.67.